The van der Waals surface area contributed by atoms with E-state index in [2.05, 4.69) is 20.7 Å². The van der Waals surface area contributed by atoms with E-state index in [1.165, 1.54) is 0 Å². The van der Waals surface area contributed by atoms with E-state index in [0.29, 0.717) is 12.1 Å². The van der Waals surface area contributed by atoms with Crippen molar-refractivity contribution in [2.24, 2.45) is 0 Å². The number of benzene rings is 1. The quantitative estimate of drug-likeness (QED) is 0.843. The molecule has 0 aliphatic carbocycles. The van der Waals surface area contributed by atoms with Crippen LogP contribution in [0.2, 0.25) is 0 Å². The highest BCUT2D eigenvalue weighted by Crippen LogP contribution is 2.41. The van der Waals surface area contributed by atoms with E-state index >= 15 is 0 Å². The molecule has 1 aromatic rings. The summed E-state index contributed by atoms with van der Waals surface area (Å²) in [5.41, 5.74) is -1.27. The van der Waals surface area contributed by atoms with Crippen LogP contribution in [-0.4, -0.2) is 11.7 Å². The van der Waals surface area contributed by atoms with Crippen LogP contribution in [0.15, 0.2) is 16.6 Å². The number of phenolic OH excluding ortho intramolecular Hbond substituents is 1. The summed E-state index contributed by atoms with van der Waals surface area (Å²) < 4.78 is 63.9. The Kier molecular flexibility index (Phi) is 3.61. The number of halogens is 6. The van der Waals surface area contributed by atoms with Gasteiger partial charge in [-0.05, 0) is 28.1 Å². The van der Waals surface area contributed by atoms with Gasteiger partial charge in [-0.25, -0.2) is 0 Å². The SMILES string of the molecule is Oc1cc(C(F)(F)F)cc(OC(F)F)c1Br. The second-order valence-corrected chi connectivity index (χ2v) is 3.48. The maximum atomic E-state index is 12.2. The number of rotatable bonds is 2. The van der Waals surface area contributed by atoms with Gasteiger partial charge in [-0.15, -0.1) is 0 Å². The van der Waals surface area contributed by atoms with E-state index in [9.17, 15) is 22.0 Å². The molecular formula is C8H4BrF5O2. The standard InChI is InChI=1S/C8H4BrF5O2/c9-6-4(15)1-3(8(12,13)14)2-5(6)16-7(10)11/h1-2,7,15H. The lowest BCUT2D eigenvalue weighted by molar-refractivity contribution is -0.138. The molecule has 0 aliphatic heterocycles. The van der Waals surface area contributed by atoms with Crippen molar-refractivity contribution in [2.75, 3.05) is 0 Å². The summed E-state index contributed by atoms with van der Waals surface area (Å²) in [4.78, 5) is 0. The predicted molar refractivity (Wildman–Crippen MR) is 47.4 cm³/mol. The Bertz CT molecular complexity index is 391. The van der Waals surface area contributed by atoms with Crippen molar-refractivity contribution in [1.29, 1.82) is 0 Å². The van der Waals surface area contributed by atoms with Crippen LogP contribution in [0.3, 0.4) is 0 Å². The van der Waals surface area contributed by atoms with Crippen LogP contribution in [0.4, 0.5) is 22.0 Å². The molecule has 0 bridgehead atoms. The molecule has 0 heterocycles. The average Bonchev–Trinajstić information content (AvgIpc) is 2.10. The van der Waals surface area contributed by atoms with E-state index in [1.807, 2.05) is 0 Å². The molecule has 0 aliphatic rings. The first-order chi connectivity index (χ1) is 7.21. The fourth-order valence-electron chi connectivity index (χ4n) is 0.929. The summed E-state index contributed by atoms with van der Waals surface area (Å²) in [5.74, 6) is -1.60. The summed E-state index contributed by atoms with van der Waals surface area (Å²) in [5, 5.41) is 9.09. The van der Waals surface area contributed by atoms with Crippen molar-refractivity contribution in [3.05, 3.63) is 22.2 Å². The Labute approximate surface area is 94.8 Å². The van der Waals surface area contributed by atoms with Crippen LogP contribution >= 0.6 is 15.9 Å². The van der Waals surface area contributed by atoms with Gasteiger partial charge in [0.2, 0.25) is 0 Å². The van der Waals surface area contributed by atoms with Gasteiger partial charge in [-0.3, -0.25) is 0 Å². The van der Waals surface area contributed by atoms with Crippen molar-refractivity contribution < 1.29 is 31.8 Å². The average molecular weight is 307 g/mol. The first kappa shape index (κ1) is 13.0. The molecule has 0 radical (unpaired) electrons. The van der Waals surface area contributed by atoms with Crippen molar-refractivity contribution in [2.45, 2.75) is 12.8 Å². The monoisotopic (exact) mass is 306 g/mol. The molecule has 90 valence electrons. The Morgan fingerprint density at radius 1 is 1.25 bits per heavy atom. The van der Waals surface area contributed by atoms with Gasteiger partial charge in [0.1, 0.15) is 16.0 Å². The molecule has 0 atom stereocenters. The highest BCUT2D eigenvalue weighted by molar-refractivity contribution is 9.10. The van der Waals surface area contributed by atoms with Crippen molar-refractivity contribution >= 4 is 15.9 Å². The molecule has 0 saturated heterocycles. The smallest absolute Gasteiger partial charge is 0.416 e. The normalized spacial score (nSPS) is 11.9. The molecule has 0 saturated carbocycles. The summed E-state index contributed by atoms with van der Waals surface area (Å²) in [6.07, 6.45) is -4.75. The lowest BCUT2D eigenvalue weighted by Gasteiger charge is -2.12. The second kappa shape index (κ2) is 4.44. The molecule has 1 rings (SSSR count). The van der Waals surface area contributed by atoms with Gasteiger partial charge in [-0.2, -0.15) is 22.0 Å². The van der Waals surface area contributed by atoms with Gasteiger partial charge in [0.05, 0.1) is 5.56 Å². The maximum Gasteiger partial charge on any atom is 0.416 e. The molecule has 1 aromatic carbocycles. The minimum absolute atomic E-state index is 0.360. The predicted octanol–water partition coefficient (Wildman–Crippen LogP) is 3.77. The fraction of sp³-hybridized carbons (Fsp3) is 0.250. The van der Waals surface area contributed by atoms with Crippen molar-refractivity contribution in [1.82, 2.24) is 0 Å². The van der Waals surface area contributed by atoms with Gasteiger partial charge < -0.3 is 9.84 Å². The van der Waals surface area contributed by atoms with Gasteiger partial charge in [0.15, 0.2) is 0 Å². The zero-order chi connectivity index (χ0) is 12.5. The fourth-order valence-corrected chi connectivity index (χ4v) is 1.25. The second-order valence-electron chi connectivity index (χ2n) is 2.68. The third kappa shape index (κ3) is 2.97. The van der Waals surface area contributed by atoms with Crippen LogP contribution in [0.1, 0.15) is 5.56 Å². The Morgan fingerprint density at radius 3 is 2.25 bits per heavy atom. The third-order valence-corrected chi connectivity index (χ3v) is 2.36. The Hall–Kier alpha value is -1.05. The van der Waals surface area contributed by atoms with E-state index in [0.717, 1.165) is 0 Å². The molecule has 16 heavy (non-hydrogen) atoms. The van der Waals surface area contributed by atoms with E-state index in [4.69, 9.17) is 5.11 Å². The maximum absolute atomic E-state index is 12.2. The number of aromatic hydroxyl groups is 1. The number of alkyl halides is 5. The van der Waals surface area contributed by atoms with E-state index in [-0.39, 0.29) is 4.47 Å². The lowest BCUT2D eigenvalue weighted by Crippen LogP contribution is -2.08. The molecule has 0 aromatic heterocycles. The van der Waals surface area contributed by atoms with Gasteiger partial charge >= 0.3 is 12.8 Å². The van der Waals surface area contributed by atoms with Crippen molar-refractivity contribution in [3.8, 4) is 11.5 Å². The molecule has 0 fully saturated rings. The zero-order valence-electron chi connectivity index (χ0n) is 7.36. The third-order valence-electron chi connectivity index (χ3n) is 1.56. The molecular weight excluding hydrogens is 303 g/mol. The molecule has 1 N–H and O–H groups in total. The topological polar surface area (TPSA) is 29.5 Å². The minimum atomic E-state index is -4.75. The van der Waals surface area contributed by atoms with Crippen LogP contribution in [-0.2, 0) is 6.18 Å². The number of phenols is 1. The molecule has 8 heteroatoms. The Balaban J connectivity index is 3.22. The molecule has 0 spiro atoms. The number of hydrogen-bond acceptors (Lipinski definition) is 2. The number of hydrogen-bond donors (Lipinski definition) is 1. The van der Waals surface area contributed by atoms with E-state index in [1.54, 1.807) is 0 Å². The highest BCUT2D eigenvalue weighted by Gasteiger charge is 2.32. The molecule has 2 nitrogen and oxygen atoms in total. The Morgan fingerprint density at radius 2 is 1.81 bits per heavy atom. The highest BCUT2D eigenvalue weighted by atomic mass is 79.9. The summed E-state index contributed by atoms with van der Waals surface area (Å²) >= 11 is 2.63. The summed E-state index contributed by atoms with van der Waals surface area (Å²) in [7, 11) is 0. The number of ether oxygens (including phenoxy) is 1. The van der Waals surface area contributed by atoms with Gasteiger partial charge in [0.25, 0.3) is 0 Å². The van der Waals surface area contributed by atoms with Gasteiger partial charge in [-0.1, -0.05) is 0 Å². The first-order valence-electron chi connectivity index (χ1n) is 3.76. The van der Waals surface area contributed by atoms with Crippen LogP contribution in [0.5, 0.6) is 11.5 Å². The summed E-state index contributed by atoms with van der Waals surface area (Å²) in [6.45, 7) is -3.28. The van der Waals surface area contributed by atoms with Crippen LogP contribution in [0.25, 0.3) is 0 Å². The minimum Gasteiger partial charge on any atom is -0.507 e. The van der Waals surface area contributed by atoms with Crippen molar-refractivity contribution in [3.63, 3.8) is 0 Å². The lowest BCUT2D eigenvalue weighted by atomic mass is 10.2. The van der Waals surface area contributed by atoms with Crippen LogP contribution < -0.4 is 4.74 Å². The van der Waals surface area contributed by atoms with Crippen LogP contribution in [0, 0.1) is 0 Å². The largest absolute Gasteiger partial charge is 0.507 e. The summed E-state index contributed by atoms with van der Waals surface area (Å²) in [6, 6.07) is 0.776. The molecule has 0 unspecified atom stereocenters. The molecule has 0 amide bonds. The zero-order valence-corrected chi connectivity index (χ0v) is 8.94. The first-order valence-corrected chi connectivity index (χ1v) is 4.55. The van der Waals surface area contributed by atoms with E-state index < -0.39 is 29.9 Å². The van der Waals surface area contributed by atoms with Gasteiger partial charge in [0, 0.05) is 0 Å².